The lowest BCUT2D eigenvalue weighted by atomic mass is 9.70. The van der Waals surface area contributed by atoms with Gasteiger partial charge in [-0.05, 0) is 59.2 Å². The van der Waals surface area contributed by atoms with Crippen molar-refractivity contribution in [1.82, 2.24) is 0 Å². The number of unbranched alkanes of at least 4 members (excludes halogenated alkanes) is 6. The normalized spacial score (nSPS) is 13.4. The topological polar surface area (TPSA) is 4.36 Å². The number of fused-ring (bicyclic) bond motifs is 3. The van der Waals surface area contributed by atoms with Crippen LogP contribution in [0.3, 0.4) is 0 Å². The Balaban J connectivity index is 1.80. The molecule has 0 spiro atoms. The van der Waals surface area contributed by atoms with Gasteiger partial charge in [0.1, 0.15) is 0 Å². The van der Waals surface area contributed by atoms with Gasteiger partial charge in [-0.15, -0.1) is 0 Å². The Morgan fingerprint density at radius 3 is 1.79 bits per heavy atom. The van der Waals surface area contributed by atoms with Crippen LogP contribution >= 0.6 is 0 Å². The maximum atomic E-state index is 7.28. The number of benzene rings is 3. The Morgan fingerprint density at radius 2 is 1.21 bits per heavy atom. The van der Waals surface area contributed by atoms with Crippen molar-refractivity contribution in [2.24, 2.45) is 0 Å². The van der Waals surface area contributed by atoms with Crippen molar-refractivity contribution < 1.29 is 0 Å². The number of nitrogens with zero attached hydrogens (tertiary/aromatic N) is 1. The minimum atomic E-state index is 0.116. The SMILES string of the molecule is [C-]#[N+]c1ccc(-c2ccc3c(c2)C(CCCCCC)(CCCCCC)c2cc(C)ccc2-3)cc1. The van der Waals surface area contributed by atoms with E-state index in [1.54, 1.807) is 5.56 Å². The standard InChI is InChI=1S/C33H39N/c1-5-7-9-11-21-33(22-12-10-8-6-2)31-23-25(3)13-19-29(31)30-20-16-27(24-32(30)33)26-14-17-28(34-4)18-15-26/h13-20,23-24H,5-12,21-22H2,1-3H3. The summed E-state index contributed by atoms with van der Waals surface area (Å²) < 4.78 is 0. The monoisotopic (exact) mass is 449 g/mol. The van der Waals surface area contributed by atoms with Gasteiger partial charge in [-0.25, -0.2) is 4.85 Å². The van der Waals surface area contributed by atoms with Crippen molar-refractivity contribution in [2.45, 2.75) is 90.4 Å². The first-order chi connectivity index (χ1) is 16.6. The minimum Gasteiger partial charge on any atom is -0.238 e. The van der Waals surface area contributed by atoms with Gasteiger partial charge in [-0.3, -0.25) is 0 Å². The molecule has 34 heavy (non-hydrogen) atoms. The van der Waals surface area contributed by atoms with Crippen LogP contribution in [0.25, 0.3) is 27.1 Å². The van der Waals surface area contributed by atoms with E-state index in [0.717, 1.165) is 0 Å². The summed E-state index contributed by atoms with van der Waals surface area (Å²) >= 11 is 0. The summed E-state index contributed by atoms with van der Waals surface area (Å²) in [5.41, 5.74) is 10.6. The molecule has 0 heterocycles. The summed E-state index contributed by atoms with van der Waals surface area (Å²) in [6, 6.07) is 22.3. The fourth-order valence-electron chi connectivity index (χ4n) is 5.89. The quantitative estimate of drug-likeness (QED) is 0.202. The summed E-state index contributed by atoms with van der Waals surface area (Å²) in [4.78, 5) is 3.57. The van der Waals surface area contributed by atoms with Crippen LogP contribution in [0.1, 0.15) is 94.7 Å². The van der Waals surface area contributed by atoms with Crippen LogP contribution in [-0.4, -0.2) is 0 Å². The van der Waals surface area contributed by atoms with Crippen LogP contribution in [0.4, 0.5) is 5.69 Å². The van der Waals surface area contributed by atoms with Crippen molar-refractivity contribution in [3.8, 4) is 22.3 Å². The fraction of sp³-hybridized carbons (Fsp3) is 0.424. The Morgan fingerprint density at radius 1 is 0.647 bits per heavy atom. The molecule has 1 aliphatic rings. The molecule has 0 radical (unpaired) electrons. The van der Waals surface area contributed by atoms with Crippen LogP contribution in [0, 0.1) is 13.5 Å². The van der Waals surface area contributed by atoms with E-state index in [1.807, 2.05) is 12.1 Å². The van der Waals surface area contributed by atoms with Crippen LogP contribution in [0.15, 0.2) is 60.7 Å². The average molecular weight is 450 g/mol. The fourth-order valence-corrected chi connectivity index (χ4v) is 5.89. The maximum Gasteiger partial charge on any atom is 0.187 e. The predicted octanol–water partition coefficient (Wildman–Crippen LogP) is 10.4. The molecular formula is C33H39N. The Bertz CT molecular complexity index is 1130. The second kappa shape index (κ2) is 11.1. The lowest BCUT2D eigenvalue weighted by Crippen LogP contribution is -2.25. The van der Waals surface area contributed by atoms with E-state index in [-0.39, 0.29) is 5.41 Å². The van der Waals surface area contributed by atoms with Crippen LogP contribution in [-0.2, 0) is 5.41 Å². The van der Waals surface area contributed by atoms with E-state index in [1.165, 1.54) is 97.6 Å². The molecule has 1 nitrogen and oxygen atoms in total. The Hall–Kier alpha value is -2.85. The molecule has 0 aromatic heterocycles. The lowest BCUT2D eigenvalue weighted by molar-refractivity contribution is 0.401. The van der Waals surface area contributed by atoms with Crippen LogP contribution < -0.4 is 0 Å². The second-order valence-electron chi connectivity index (χ2n) is 10.2. The smallest absolute Gasteiger partial charge is 0.187 e. The zero-order valence-corrected chi connectivity index (χ0v) is 21.3. The summed E-state index contributed by atoms with van der Waals surface area (Å²) in [6.45, 7) is 14.1. The molecule has 0 amide bonds. The first kappa shape index (κ1) is 24.3. The first-order valence-corrected chi connectivity index (χ1v) is 13.4. The van der Waals surface area contributed by atoms with Crippen molar-refractivity contribution in [3.63, 3.8) is 0 Å². The van der Waals surface area contributed by atoms with Crippen molar-refractivity contribution >= 4 is 5.69 Å². The van der Waals surface area contributed by atoms with Gasteiger partial charge in [0.25, 0.3) is 0 Å². The highest BCUT2D eigenvalue weighted by Gasteiger charge is 2.42. The van der Waals surface area contributed by atoms with Gasteiger partial charge in [0.2, 0.25) is 0 Å². The predicted molar refractivity (Wildman–Crippen MR) is 147 cm³/mol. The van der Waals surface area contributed by atoms with Gasteiger partial charge in [0.15, 0.2) is 5.69 Å². The van der Waals surface area contributed by atoms with E-state index in [9.17, 15) is 0 Å². The molecule has 3 aromatic rings. The van der Waals surface area contributed by atoms with Crippen LogP contribution in [0.2, 0.25) is 0 Å². The number of hydrogen-bond donors (Lipinski definition) is 0. The van der Waals surface area contributed by atoms with Crippen molar-refractivity contribution in [1.29, 1.82) is 0 Å². The molecule has 0 unspecified atom stereocenters. The maximum absolute atomic E-state index is 7.28. The van der Waals surface area contributed by atoms with Crippen molar-refractivity contribution in [3.05, 3.63) is 88.8 Å². The molecule has 0 saturated heterocycles. The van der Waals surface area contributed by atoms with Crippen molar-refractivity contribution in [2.75, 3.05) is 0 Å². The second-order valence-corrected chi connectivity index (χ2v) is 10.2. The molecular weight excluding hydrogens is 410 g/mol. The zero-order valence-electron chi connectivity index (χ0n) is 21.3. The molecule has 1 heteroatoms. The molecule has 0 saturated carbocycles. The average Bonchev–Trinajstić information content (AvgIpc) is 3.13. The van der Waals surface area contributed by atoms with Gasteiger partial charge in [0, 0.05) is 5.41 Å². The van der Waals surface area contributed by atoms with E-state index >= 15 is 0 Å². The lowest BCUT2D eigenvalue weighted by Gasteiger charge is -2.33. The van der Waals surface area contributed by atoms with E-state index in [0.29, 0.717) is 5.69 Å². The Kier molecular flexibility index (Phi) is 7.89. The van der Waals surface area contributed by atoms with E-state index < -0.39 is 0 Å². The highest BCUT2D eigenvalue weighted by molar-refractivity contribution is 5.84. The molecule has 176 valence electrons. The molecule has 4 rings (SSSR count). The summed E-state index contributed by atoms with van der Waals surface area (Å²) in [5.74, 6) is 0. The van der Waals surface area contributed by atoms with Gasteiger partial charge in [-0.2, -0.15) is 0 Å². The molecule has 0 N–H and O–H groups in total. The minimum absolute atomic E-state index is 0.116. The van der Waals surface area contributed by atoms with E-state index in [4.69, 9.17) is 6.57 Å². The molecule has 3 aromatic carbocycles. The third-order valence-electron chi connectivity index (χ3n) is 7.76. The van der Waals surface area contributed by atoms with Gasteiger partial charge >= 0.3 is 0 Å². The van der Waals surface area contributed by atoms with Gasteiger partial charge < -0.3 is 0 Å². The van der Waals surface area contributed by atoms with Gasteiger partial charge in [0.05, 0.1) is 6.57 Å². The number of hydrogen-bond acceptors (Lipinski definition) is 0. The molecule has 0 bridgehead atoms. The molecule has 0 fully saturated rings. The zero-order chi connectivity index (χ0) is 24.0. The summed E-state index contributed by atoms with van der Waals surface area (Å²) in [6.07, 6.45) is 12.9. The third-order valence-corrected chi connectivity index (χ3v) is 7.76. The molecule has 0 atom stereocenters. The largest absolute Gasteiger partial charge is 0.238 e. The number of rotatable bonds is 11. The summed E-state index contributed by atoms with van der Waals surface area (Å²) in [5, 5.41) is 0. The first-order valence-electron chi connectivity index (χ1n) is 13.4. The van der Waals surface area contributed by atoms with Crippen LogP contribution in [0.5, 0.6) is 0 Å². The van der Waals surface area contributed by atoms with Gasteiger partial charge in [-0.1, -0.05) is 125 Å². The molecule has 1 aliphatic carbocycles. The third kappa shape index (κ3) is 4.83. The van der Waals surface area contributed by atoms with E-state index in [2.05, 4.69) is 74.1 Å². The summed E-state index contributed by atoms with van der Waals surface area (Å²) in [7, 11) is 0. The Labute approximate surface area is 207 Å². The number of aryl methyl sites for hydroxylation is 1. The highest BCUT2D eigenvalue weighted by atomic mass is 14.6. The highest BCUT2D eigenvalue weighted by Crippen LogP contribution is 2.55. The molecule has 0 aliphatic heterocycles.